The zero-order valence-electron chi connectivity index (χ0n) is 14.7. The van der Waals surface area contributed by atoms with Crippen LogP contribution in [0.25, 0.3) is 21.7 Å². The largest absolute Gasteiger partial charge is 0.380 e. The fraction of sp³-hybridized carbons (Fsp3) is 0.227. The highest BCUT2D eigenvalue weighted by Crippen LogP contribution is 2.25. The van der Waals surface area contributed by atoms with E-state index in [1.807, 2.05) is 18.6 Å². The first-order valence-corrected chi connectivity index (χ1v) is 9.23. The fourth-order valence-corrected chi connectivity index (χ4v) is 4.01. The molecule has 0 saturated carbocycles. The number of benzene rings is 2. The molecule has 4 aromatic rings. The number of aromatic nitrogens is 2. The minimum Gasteiger partial charge on any atom is -0.380 e. The van der Waals surface area contributed by atoms with Crippen LogP contribution < -0.4 is 5.32 Å². The Kier molecular flexibility index (Phi) is 3.83. The topological polar surface area (TPSA) is 44.0 Å². The number of nitrogens with one attached hydrogen (secondary N) is 2. The molecule has 0 spiro atoms. The second-order valence-electron chi connectivity index (χ2n) is 7.17. The van der Waals surface area contributed by atoms with Gasteiger partial charge in [0.25, 0.3) is 0 Å². The van der Waals surface area contributed by atoms with E-state index in [9.17, 15) is 0 Å². The number of anilines is 1. The first-order valence-electron chi connectivity index (χ1n) is 9.23. The molecule has 1 saturated heterocycles. The van der Waals surface area contributed by atoms with E-state index in [0.29, 0.717) is 6.04 Å². The van der Waals surface area contributed by atoms with E-state index >= 15 is 0 Å². The zero-order valence-corrected chi connectivity index (χ0v) is 14.7. The molecule has 1 aliphatic rings. The van der Waals surface area contributed by atoms with Gasteiger partial charge in [0.2, 0.25) is 0 Å². The summed E-state index contributed by atoms with van der Waals surface area (Å²) in [5.74, 6) is 0. The molecule has 2 N–H and O–H groups in total. The first-order chi connectivity index (χ1) is 12.8. The van der Waals surface area contributed by atoms with E-state index in [2.05, 4.69) is 68.7 Å². The Balaban J connectivity index is 1.28. The molecule has 0 amide bonds. The Morgan fingerprint density at radius 1 is 1.12 bits per heavy atom. The molecule has 4 nitrogen and oxygen atoms in total. The van der Waals surface area contributed by atoms with Gasteiger partial charge >= 0.3 is 0 Å². The van der Waals surface area contributed by atoms with E-state index < -0.39 is 0 Å². The molecule has 0 aliphatic carbocycles. The van der Waals surface area contributed by atoms with Gasteiger partial charge in [-0.15, -0.1) is 0 Å². The summed E-state index contributed by atoms with van der Waals surface area (Å²) in [5, 5.41) is 7.46. The van der Waals surface area contributed by atoms with Crippen LogP contribution in [0.2, 0.25) is 0 Å². The Hall–Kier alpha value is -2.85. The summed E-state index contributed by atoms with van der Waals surface area (Å²) in [4.78, 5) is 10.1. The van der Waals surface area contributed by atoms with E-state index in [4.69, 9.17) is 0 Å². The molecule has 1 aliphatic heterocycles. The molecule has 0 radical (unpaired) electrons. The molecule has 0 bridgehead atoms. The van der Waals surface area contributed by atoms with Crippen LogP contribution in [-0.2, 0) is 6.54 Å². The second kappa shape index (κ2) is 6.46. The van der Waals surface area contributed by atoms with E-state index in [1.165, 1.54) is 39.3 Å². The summed E-state index contributed by atoms with van der Waals surface area (Å²) in [5.41, 5.74) is 3.81. The summed E-state index contributed by atoms with van der Waals surface area (Å²) < 4.78 is 0. The molecule has 3 heterocycles. The van der Waals surface area contributed by atoms with E-state index in [-0.39, 0.29) is 0 Å². The van der Waals surface area contributed by atoms with E-state index in [0.717, 1.165) is 19.6 Å². The summed E-state index contributed by atoms with van der Waals surface area (Å²) in [7, 11) is 0. The van der Waals surface area contributed by atoms with Crippen molar-refractivity contribution >= 4 is 27.4 Å². The van der Waals surface area contributed by atoms with Crippen molar-refractivity contribution in [3.63, 3.8) is 0 Å². The summed E-state index contributed by atoms with van der Waals surface area (Å²) in [6.07, 6.45) is 6.97. The summed E-state index contributed by atoms with van der Waals surface area (Å²) in [6.45, 7) is 3.21. The molecule has 5 rings (SSSR count). The maximum Gasteiger partial charge on any atom is 0.0457 e. The highest BCUT2D eigenvalue weighted by atomic mass is 15.2. The van der Waals surface area contributed by atoms with Crippen molar-refractivity contribution in [1.29, 1.82) is 0 Å². The summed E-state index contributed by atoms with van der Waals surface area (Å²) >= 11 is 0. The van der Waals surface area contributed by atoms with Crippen LogP contribution in [0.15, 0.2) is 67.1 Å². The number of aromatic amines is 1. The van der Waals surface area contributed by atoms with Crippen molar-refractivity contribution in [2.75, 3.05) is 18.4 Å². The molecule has 2 aromatic heterocycles. The number of nitrogens with zero attached hydrogens (tertiary/aromatic N) is 2. The van der Waals surface area contributed by atoms with Crippen molar-refractivity contribution in [2.45, 2.75) is 19.0 Å². The average molecular weight is 342 g/mol. The highest BCUT2D eigenvalue weighted by molar-refractivity contribution is 5.93. The first kappa shape index (κ1) is 15.4. The third-order valence-corrected chi connectivity index (χ3v) is 5.34. The quantitative estimate of drug-likeness (QED) is 0.578. The predicted octanol–water partition coefficient (Wildman–Crippen LogP) is 4.40. The lowest BCUT2D eigenvalue weighted by Crippen LogP contribution is -2.26. The fourth-order valence-electron chi connectivity index (χ4n) is 4.01. The Bertz CT molecular complexity index is 1050. The van der Waals surface area contributed by atoms with Gasteiger partial charge in [-0.1, -0.05) is 24.3 Å². The minimum absolute atomic E-state index is 0.489. The number of hydrogen-bond donors (Lipinski definition) is 2. The van der Waals surface area contributed by atoms with Gasteiger partial charge in [-0.2, -0.15) is 0 Å². The molecular weight excluding hydrogens is 320 g/mol. The van der Waals surface area contributed by atoms with Gasteiger partial charge in [-0.3, -0.25) is 9.88 Å². The van der Waals surface area contributed by atoms with Crippen molar-refractivity contribution in [3.8, 4) is 0 Å². The van der Waals surface area contributed by atoms with Crippen LogP contribution in [0.4, 0.5) is 5.69 Å². The molecule has 1 atom stereocenters. The Labute approximate surface area is 152 Å². The lowest BCUT2D eigenvalue weighted by molar-refractivity contribution is 0.329. The Morgan fingerprint density at radius 3 is 3.12 bits per heavy atom. The van der Waals surface area contributed by atoms with E-state index in [1.54, 1.807) is 0 Å². The predicted molar refractivity (Wildman–Crippen MR) is 107 cm³/mol. The smallest absolute Gasteiger partial charge is 0.0457 e. The average Bonchev–Trinajstić information content (AvgIpc) is 3.31. The molecule has 2 aromatic carbocycles. The van der Waals surface area contributed by atoms with Gasteiger partial charge in [0.05, 0.1) is 0 Å². The van der Waals surface area contributed by atoms with Crippen molar-refractivity contribution in [3.05, 3.63) is 72.7 Å². The zero-order chi connectivity index (χ0) is 17.3. The molecule has 4 heteroatoms. The van der Waals surface area contributed by atoms with Crippen LogP contribution in [-0.4, -0.2) is 34.0 Å². The number of pyridine rings is 1. The lowest BCUT2D eigenvalue weighted by atomic mass is 10.1. The maximum atomic E-state index is 4.22. The standard InChI is InChI=1S/C22H22N4/c1-2-18-13-23-9-7-20(18)21(3-1)25-19-8-11-26(15-19)14-16-4-5-17-6-10-24-22(17)12-16/h1-7,9-10,12-13,19,24-25H,8,11,14-15H2. The van der Waals surface area contributed by atoms with Crippen LogP contribution in [0.3, 0.4) is 0 Å². The third-order valence-electron chi connectivity index (χ3n) is 5.34. The molecule has 130 valence electrons. The van der Waals surface area contributed by atoms with Crippen molar-refractivity contribution < 1.29 is 0 Å². The van der Waals surface area contributed by atoms with Gasteiger partial charge in [-0.25, -0.2) is 0 Å². The lowest BCUT2D eigenvalue weighted by Gasteiger charge is -2.18. The number of fused-ring (bicyclic) bond motifs is 2. The highest BCUT2D eigenvalue weighted by Gasteiger charge is 2.22. The van der Waals surface area contributed by atoms with Gasteiger partial charge in [-0.05, 0) is 41.6 Å². The van der Waals surface area contributed by atoms with Crippen LogP contribution in [0.1, 0.15) is 12.0 Å². The van der Waals surface area contributed by atoms with Crippen LogP contribution in [0, 0.1) is 0 Å². The number of likely N-dealkylation sites (tertiary alicyclic amines) is 1. The number of hydrogen-bond acceptors (Lipinski definition) is 3. The SMILES string of the molecule is c1cc(NC2CCN(Cc3ccc4cc[nH]c4c3)C2)c2ccncc2c1. The third kappa shape index (κ3) is 2.93. The van der Waals surface area contributed by atoms with Gasteiger partial charge in [0, 0.05) is 66.2 Å². The summed E-state index contributed by atoms with van der Waals surface area (Å²) in [6, 6.07) is 17.8. The van der Waals surface area contributed by atoms with Gasteiger partial charge in [0.15, 0.2) is 0 Å². The molecule has 1 fully saturated rings. The Morgan fingerprint density at radius 2 is 2.12 bits per heavy atom. The second-order valence-corrected chi connectivity index (χ2v) is 7.17. The van der Waals surface area contributed by atoms with Crippen LogP contribution >= 0.6 is 0 Å². The van der Waals surface area contributed by atoms with Crippen molar-refractivity contribution in [2.24, 2.45) is 0 Å². The van der Waals surface area contributed by atoms with Crippen LogP contribution in [0.5, 0.6) is 0 Å². The number of H-pyrrole nitrogens is 1. The molecule has 26 heavy (non-hydrogen) atoms. The normalized spacial score (nSPS) is 17.9. The number of rotatable bonds is 4. The maximum absolute atomic E-state index is 4.22. The molecule has 1 unspecified atom stereocenters. The molecular formula is C22H22N4. The van der Waals surface area contributed by atoms with Crippen molar-refractivity contribution in [1.82, 2.24) is 14.9 Å². The van der Waals surface area contributed by atoms with Gasteiger partial charge < -0.3 is 10.3 Å². The van der Waals surface area contributed by atoms with Gasteiger partial charge in [0.1, 0.15) is 0 Å². The minimum atomic E-state index is 0.489. The monoisotopic (exact) mass is 342 g/mol.